The van der Waals surface area contributed by atoms with Gasteiger partial charge in [-0.25, -0.2) is 4.98 Å². The molecule has 2 amide bonds. The van der Waals surface area contributed by atoms with Crippen LogP contribution in [-0.2, 0) is 4.79 Å². The molecular weight excluding hydrogens is 232 g/mol. The molecular formula is C12H18N4O2. The summed E-state index contributed by atoms with van der Waals surface area (Å²) in [7, 11) is 0. The van der Waals surface area contributed by atoms with E-state index >= 15 is 0 Å². The van der Waals surface area contributed by atoms with E-state index in [0.29, 0.717) is 24.5 Å². The molecule has 1 heterocycles. The third kappa shape index (κ3) is 4.04. The first-order chi connectivity index (χ1) is 8.69. The van der Waals surface area contributed by atoms with E-state index in [9.17, 15) is 9.59 Å². The van der Waals surface area contributed by atoms with Gasteiger partial charge in [0, 0.05) is 19.3 Å². The van der Waals surface area contributed by atoms with E-state index in [-0.39, 0.29) is 18.4 Å². The Balaban J connectivity index is 2.63. The lowest BCUT2D eigenvalue weighted by Crippen LogP contribution is -2.37. The molecule has 3 N–H and O–H groups in total. The quantitative estimate of drug-likeness (QED) is 0.681. The minimum Gasteiger partial charge on any atom is -0.370 e. The number of amides is 2. The molecule has 0 aromatic carbocycles. The number of aromatic nitrogens is 1. The van der Waals surface area contributed by atoms with E-state index in [4.69, 9.17) is 0 Å². The van der Waals surface area contributed by atoms with Crippen LogP contribution in [0.4, 0.5) is 5.82 Å². The van der Waals surface area contributed by atoms with Crippen molar-refractivity contribution >= 4 is 17.6 Å². The molecule has 18 heavy (non-hydrogen) atoms. The average molecular weight is 250 g/mol. The highest BCUT2D eigenvalue weighted by atomic mass is 16.2. The summed E-state index contributed by atoms with van der Waals surface area (Å²) in [5, 5.41) is 8.16. The first-order valence-corrected chi connectivity index (χ1v) is 5.92. The topological polar surface area (TPSA) is 83.1 Å². The molecule has 0 radical (unpaired) electrons. The number of nitrogens with one attached hydrogen (secondary N) is 3. The molecule has 0 bridgehead atoms. The molecule has 0 aliphatic rings. The molecule has 6 heteroatoms. The summed E-state index contributed by atoms with van der Waals surface area (Å²) in [5.41, 5.74) is 0.434. The van der Waals surface area contributed by atoms with Crippen LogP contribution in [0.5, 0.6) is 0 Å². The van der Waals surface area contributed by atoms with Gasteiger partial charge in [0.25, 0.3) is 5.91 Å². The molecule has 98 valence electrons. The monoisotopic (exact) mass is 250 g/mol. The molecule has 0 unspecified atom stereocenters. The van der Waals surface area contributed by atoms with Gasteiger partial charge in [-0.2, -0.15) is 0 Å². The molecule has 0 atom stereocenters. The summed E-state index contributed by atoms with van der Waals surface area (Å²) in [6, 6.07) is 3.35. The van der Waals surface area contributed by atoms with Crippen LogP contribution >= 0.6 is 0 Å². The van der Waals surface area contributed by atoms with Crippen molar-refractivity contribution in [2.24, 2.45) is 0 Å². The van der Waals surface area contributed by atoms with Gasteiger partial charge in [0.05, 0.1) is 12.1 Å². The zero-order chi connectivity index (χ0) is 13.4. The Bertz CT molecular complexity index is 420. The van der Waals surface area contributed by atoms with Crippen molar-refractivity contribution in [1.29, 1.82) is 0 Å². The highest BCUT2D eigenvalue weighted by molar-refractivity contribution is 6.00. The van der Waals surface area contributed by atoms with Crippen LogP contribution in [-0.4, -0.2) is 36.4 Å². The highest BCUT2D eigenvalue weighted by Crippen LogP contribution is 2.10. The van der Waals surface area contributed by atoms with Gasteiger partial charge in [0.2, 0.25) is 5.91 Å². The summed E-state index contributed by atoms with van der Waals surface area (Å²) in [4.78, 5) is 27.2. The second kappa shape index (κ2) is 7.26. The van der Waals surface area contributed by atoms with Gasteiger partial charge < -0.3 is 16.0 Å². The van der Waals surface area contributed by atoms with Gasteiger partial charge in [-0.05, 0) is 26.0 Å². The molecule has 1 aromatic heterocycles. The number of likely N-dealkylation sites (N-methyl/N-ethyl adjacent to an activating group) is 1. The average Bonchev–Trinajstić information content (AvgIpc) is 2.37. The number of carbonyl (C=O) groups excluding carboxylic acids is 2. The maximum Gasteiger partial charge on any atom is 0.255 e. The molecule has 0 spiro atoms. The third-order valence-electron chi connectivity index (χ3n) is 2.18. The summed E-state index contributed by atoms with van der Waals surface area (Å²) in [6.45, 7) is 4.93. The Kier molecular flexibility index (Phi) is 5.63. The second-order valence-electron chi connectivity index (χ2n) is 3.57. The van der Waals surface area contributed by atoms with E-state index < -0.39 is 0 Å². The SMILES string of the molecule is CCNC(=O)CNC(=O)c1cccnc1NCC. The Morgan fingerprint density at radius 3 is 2.67 bits per heavy atom. The van der Waals surface area contributed by atoms with Gasteiger partial charge in [0.15, 0.2) is 0 Å². The smallest absolute Gasteiger partial charge is 0.255 e. The zero-order valence-electron chi connectivity index (χ0n) is 10.6. The lowest BCUT2D eigenvalue weighted by molar-refractivity contribution is -0.120. The molecule has 0 aliphatic carbocycles. The van der Waals surface area contributed by atoms with E-state index in [2.05, 4.69) is 20.9 Å². The minimum absolute atomic E-state index is 0.0346. The number of rotatable bonds is 6. The van der Waals surface area contributed by atoms with Crippen LogP contribution in [0, 0.1) is 0 Å². The second-order valence-corrected chi connectivity index (χ2v) is 3.57. The lowest BCUT2D eigenvalue weighted by atomic mass is 10.2. The summed E-state index contributed by atoms with van der Waals surface area (Å²) < 4.78 is 0. The van der Waals surface area contributed by atoms with Crippen molar-refractivity contribution in [3.63, 3.8) is 0 Å². The number of pyridine rings is 1. The normalized spacial score (nSPS) is 9.67. The number of anilines is 1. The van der Waals surface area contributed by atoms with Crippen molar-refractivity contribution in [2.75, 3.05) is 25.0 Å². The minimum atomic E-state index is -0.315. The van der Waals surface area contributed by atoms with Gasteiger partial charge in [-0.3, -0.25) is 9.59 Å². The Morgan fingerprint density at radius 1 is 1.22 bits per heavy atom. The van der Waals surface area contributed by atoms with Crippen LogP contribution in [0.15, 0.2) is 18.3 Å². The fourth-order valence-electron chi connectivity index (χ4n) is 1.41. The van der Waals surface area contributed by atoms with Crippen molar-refractivity contribution < 1.29 is 9.59 Å². The fourth-order valence-corrected chi connectivity index (χ4v) is 1.41. The van der Waals surface area contributed by atoms with E-state index in [1.54, 1.807) is 18.3 Å². The molecule has 0 aliphatic heterocycles. The first kappa shape index (κ1) is 14.0. The summed E-state index contributed by atoms with van der Waals surface area (Å²) in [5.74, 6) is -0.00144. The number of carbonyl (C=O) groups is 2. The summed E-state index contributed by atoms with van der Waals surface area (Å²) in [6.07, 6.45) is 1.61. The first-order valence-electron chi connectivity index (χ1n) is 5.92. The Labute approximate surface area is 106 Å². The van der Waals surface area contributed by atoms with Gasteiger partial charge in [0.1, 0.15) is 5.82 Å². The van der Waals surface area contributed by atoms with E-state index in [1.165, 1.54) is 0 Å². The predicted molar refractivity (Wildman–Crippen MR) is 69.4 cm³/mol. The molecule has 0 fully saturated rings. The van der Waals surface area contributed by atoms with Crippen molar-refractivity contribution in [3.8, 4) is 0 Å². The molecule has 1 rings (SSSR count). The standard InChI is InChI=1S/C12H18N4O2/c1-3-13-10(17)8-16-12(18)9-6-5-7-15-11(9)14-4-2/h5-7H,3-4,8H2,1-2H3,(H,13,17)(H,14,15)(H,16,18). The Hall–Kier alpha value is -2.11. The Morgan fingerprint density at radius 2 is 2.00 bits per heavy atom. The highest BCUT2D eigenvalue weighted by Gasteiger charge is 2.12. The molecule has 0 saturated heterocycles. The number of nitrogens with zero attached hydrogens (tertiary/aromatic N) is 1. The maximum atomic E-state index is 11.9. The van der Waals surface area contributed by atoms with E-state index in [1.807, 2.05) is 13.8 Å². The van der Waals surface area contributed by atoms with Crippen LogP contribution in [0.1, 0.15) is 24.2 Å². The number of hydrogen-bond donors (Lipinski definition) is 3. The van der Waals surface area contributed by atoms with Crippen LogP contribution in [0.3, 0.4) is 0 Å². The van der Waals surface area contributed by atoms with Gasteiger partial charge >= 0.3 is 0 Å². The van der Waals surface area contributed by atoms with Gasteiger partial charge in [-0.1, -0.05) is 0 Å². The summed E-state index contributed by atoms with van der Waals surface area (Å²) >= 11 is 0. The fraction of sp³-hybridized carbons (Fsp3) is 0.417. The van der Waals surface area contributed by atoms with Crippen molar-refractivity contribution in [3.05, 3.63) is 23.9 Å². The lowest BCUT2D eigenvalue weighted by Gasteiger charge is -2.09. The maximum absolute atomic E-state index is 11.9. The zero-order valence-corrected chi connectivity index (χ0v) is 10.6. The van der Waals surface area contributed by atoms with E-state index in [0.717, 1.165) is 0 Å². The van der Waals surface area contributed by atoms with Crippen molar-refractivity contribution in [2.45, 2.75) is 13.8 Å². The van der Waals surface area contributed by atoms with Crippen LogP contribution < -0.4 is 16.0 Å². The van der Waals surface area contributed by atoms with Crippen molar-refractivity contribution in [1.82, 2.24) is 15.6 Å². The van der Waals surface area contributed by atoms with Crippen LogP contribution in [0.25, 0.3) is 0 Å². The molecule has 6 nitrogen and oxygen atoms in total. The predicted octanol–water partition coefficient (Wildman–Crippen LogP) is 0.379. The van der Waals surface area contributed by atoms with Crippen LogP contribution in [0.2, 0.25) is 0 Å². The number of hydrogen-bond acceptors (Lipinski definition) is 4. The van der Waals surface area contributed by atoms with Gasteiger partial charge in [-0.15, -0.1) is 0 Å². The largest absolute Gasteiger partial charge is 0.370 e. The molecule has 1 aromatic rings. The molecule has 0 saturated carbocycles. The third-order valence-corrected chi connectivity index (χ3v) is 2.18.